The Kier molecular flexibility index (Phi) is 6.57. The predicted molar refractivity (Wildman–Crippen MR) is 109 cm³/mol. The van der Waals surface area contributed by atoms with Gasteiger partial charge in [-0.05, 0) is 35.4 Å². The Morgan fingerprint density at radius 1 is 0.926 bits per heavy atom. The average molecular weight is 400 g/mol. The number of benzene rings is 2. The van der Waals surface area contributed by atoms with E-state index in [0.717, 1.165) is 11.1 Å². The Morgan fingerprint density at radius 2 is 1.63 bits per heavy atom. The first-order valence-electron chi connectivity index (χ1n) is 8.28. The highest BCUT2D eigenvalue weighted by Gasteiger charge is 2.17. The van der Waals surface area contributed by atoms with Crippen molar-refractivity contribution in [2.75, 3.05) is 5.75 Å². The van der Waals surface area contributed by atoms with Crippen LogP contribution in [0, 0.1) is 0 Å². The van der Waals surface area contributed by atoms with Crippen LogP contribution < -0.4 is 10.9 Å². The van der Waals surface area contributed by atoms with E-state index in [1.165, 1.54) is 11.8 Å². The standard InChI is InChI=1S/C20H18ClN3O2S/c21-16-10-8-15(9-11-16)19(14-5-2-1-3-6-14)27-13-18(25)23-24-20(26)17-7-4-12-22-17/h1-12,19,22H,13H2,(H,23,25)(H,24,26)/t19-/m0/s1. The number of carbonyl (C=O) groups excluding carboxylic acids is 2. The lowest BCUT2D eigenvalue weighted by atomic mass is 10.0. The van der Waals surface area contributed by atoms with Crippen LogP contribution in [-0.4, -0.2) is 22.6 Å². The highest BCUT2D eigenvalue weighted by molar-refractivity contribution is 8.00. The van der Waals surface area contributed by atoms with Gasteiger partial charge < -0.3 is 4.98 Å². The van der Waals surface area contributed by atoms with Gasteiger partial charge in [-0.25, -0.2) is 0 Å². The molecule has 0 unspecified atom stereocenters. The molecule has 7 heteroatoms. The summed E-state index contributed by atoms with van der Waals surface area (Å²) in [6, 6.07) is 20.9. The van der Waals surface area contributed by atoms with Gasteiger partial charge in [-0.3, -0.25) is 20.4 Å². The molecule has 0 bridgehead atoms. The summed E-state index contributed by atoms with van der Waals surface area (Å²) < 4.78 is 0. The molecule has 0 saturated carbocycles. The van der Waals surface area contributed by atoms with Crippen molar-refractivity contribution in [3.8, 4) is 0 Å². The van der Waals surface area contributed by atoms with Gasteiger partial charge >= 0.3 is 0 Å². The van der Waals surface area contributed by atoms with Crippen molar-refractivity contribution in [1.29, 1.82) is 0 Å². The predicted octanol–water partition coefficient (Wildman–Crippen LogP) is 3.95. The lowest BCUT2D eigenvalue weighted by Gasteiger charge is -2.18. The fourth-order valence-corrected chi connectivity index (χ4v) is 3.73. The average Bonchev–Trinajstić information content (AvgIpc) is 3.23. The largest absolute Gasteiger partial charge is 0.357 e. The van der Waals surface area contributed by atoms with Crippen LogP contribution in [-0.2, 0) is 4.79 Å². The highest BCUT2D eigenvalue weighted by Crippen LogP contribution is 2.35. The normalized spacial score (nSPS) is 11.6. The number of carbonyl (C=O) groups is 2. The summed E-state index contributed by atoms with van der Waals surface area (Å²) in [6.45, 7) is 0. The van der Waals surface area contributed by atoms with E-state index in [2.05, 4.69) is 15.8 Å². The van der Waals surface area contributed by atoms with Crippen LogP contribution in [0.5, 0.6) is 0 Å². The molecule has 2 amide bonds. The quantitative estimate of drug-likeness (QED) is 0.549. The summed E-state index contributed by atoms with van der Waals surface area (Å²) in [4.78, 5) is 26.8. The van der Waals surface area contributed by atoms with E-state index < -0.39 is 5.91 Å². The summed E-state index contributed by atoms with van der Waals surface area (Å²) >= 11 is 7.47. The van der Waals surface area contributed by atoms with E-state index in [9.17, 15) is 9.59 Å². The van der Waals surface area contributed by atoms with Gasteiger partial charge in [0.15, 0.2) is 0 Å². The number of rotatable bonds is 6. The summed E-state index contributed by atoms with van der Waals surface area (Å²) in [6.07, 6.45) is 1.64. The smallest absolute Gasteiger partial charge is 0.286 e. The van der Waals surface area contributed by atoms with E-state index in [4.69, 9.17) is 11.6 Å². The minimum absolute atomic E-state index is 0.0201. The molecular formula is C20H18ClN3O2S. The molecule has 27 heavy (non-hydrogen) atoms. The summed E-state index contributed by atoms with van der Waals surface area (Å²) in [5, 5.41) is 0.647. The van der Waals surface area contributed by atoms with E-state index in [0.29, 0.717) is 10.7 Å². The number of H-pyrrole nitrogens is 1. The molecule has 1 heterocycles. The minimum Gasteiger partial charge on any atom is -0.357 e. The number of thioether (sulfide) groups is 1. The van der Waals surface area contributed by atoms with Crippen LogP contribution in [0.2, 0.25) is 5.02 Å². The number of aromatic amines is 1. The zero-order chi connectivity index (χ0) is 19.1. The zero-order valence-corrected chi connectivity index (χ0v) is 15.9. The lowest BCUT2D eigenvalue weighted by Crippen LogP contribution is -2.42. The number of amides is 2. The molecule has 0 fully saturated rings. The molecule has 3 N–H and O–H groups in total. The Labute approximate surface area is 166 Å². The molecular weight excluding hydrogens is 382 g/mol. The molecule has 0 aliphatic rings. The van der Waals surface area contributed by atoms with Gasteiger partial charge in [0.25, 0.3) is 5.91 Å². The number of hydrazine groups is 1. The van der Waals surface area contributed by atoms with E-state index in [-0.39, 0.29) is 16.9 Å². The Morgan fingerprint density at radius 3 is 2.30 bits per heavy atom. The molecule has 1 aromatic heterocycles. The third kappa shape index (κ3) is 5.39. The van der Waals surface area contributed by atoms with Gasteiger partial charge in [0.2, 0.25) is 5.91 Å². The maximum absolute atomic E-state index is 12.2. The topological polar surface area (TPSA) is 74.0 Å². The molecule has 138 valence electrons. The van der Waals surface area contributed by atoms with Crippen LogP contribution in [0.4, 0.5) is 0 Å². The lowest BCUT2D eigenvalue weighted by molar-refractivity contribution is -0.119. The SMILES string of the molecule is O=C(CS[C@@H](c1ccccc1)c1ccc(Cl)cc1)NNC(=O)c1ccc[nH]1. The second kappa shape index (κ2) is 9.30. The molecule has 0 spiro atoms. The fourth-order valence-electron chi connectivity index (χ4n) is 2.51. The van der Waals surface area contributed by atoms with Crippen LogP contribution in [0.25, 0.3) is 0 Å². The number of halogens is 1. The van der Waals surface area contributed by atoms with Crippen molar-refractivity contribution in [3.05, 3.63) is 94.8 Å². The fraction of sp³-hybridized carbons (Fsp3) is 0.100. The van der Waals surface area contributed by atoms with Crippen molar-refractivity contribution >= 4 is 35.2 Å². The van der Waals surface area contributed by atoms with Gasteiger partial charge in [-0.2, -0.15) is 0 Å². The third-order valence-electron chi connectivity index (χ3n) is 3.81. The van der Waals surface area contributed by atoms with Crippen molar-refractivity contribution in [2.45, 2.75) is 5.25 Å². The summed E-state index contributed by atoms with van der Waals surface area (Å²) in [5.41, 5.74) is 7.36. The molecule has 0 saturated heterocycles. The maximum Gasteiger partial charge on any atom is 0.286 e. The first-order chi connectivity index (χ1) is 13.1. The number of nitrogens with one attached hydrogen (secondary N) is 3. The van der Waals surface area contributed by atoms with Crippen molar-refractivity contribution in [2.24, 2.45) is 0 Å². The molecule has 0 radical (unpaired) electrons. The Bertz CT molecular complexity index is 883. The second-order valence-electron chi connectivity index (χ2n) is 5.74. The first-order valence-corrected chi connectivity index (χ1v) is 9.71. The van der Waals surface area contributed by atoms with Gasteiger partial charge in [0.1, 0.15) is 5.69 Å². The molecule has 0 aliphatic heterocycles. The molecule has 3 rings (SSSR count). The van der Waals surface area contributed by atoms with Gasteiger partial charge in [-0.15, -0.1) is 11.8 Å². The molecule has 1 atom stereocenters. The van der Waals surface area contributed by atoms with E-state index >= 15 is 0 Å². The van der Waals surface area contributed by atoms with E-state index in [1.54, 1.807) is 18.3 Å². The summed E-state index contributed by atoms with van der Waals surface area (Å²) in [5.74, 6) is -0.488. The molecule has 2 aromatic carbocycles. The monoisotopic (exact) mass is 399 g/mol. The van der Waals surface area contributed by atoms with Gasteiger partial charge in [0.05, 0.1) is 11.0 Å². The van der Waals surface area contributed by atoms with Gasteiger partial charge in [-0.1, -0.05) is 54.1 Å². The van der Waals surface area contributed by atoms with Crippen LogP contribution in [0.1, 0.15) is 26.9 Å². The molecule has 3 aromatic rings. The molecule has 5 nitrogen and oxygen atoms in total. The minimum atomic E-state index is -0.393. The number of hydrogen-bond donors (Lipinski definition) is 3. The van der Waals surface area contributed by atoms with Crippen LogP contribution in [0.15, 0.2) is 72.9 Å². The van der Waals surface area contributed by atoms with Crippen molar-refractivity contribution < 1.29 is 9.59 Å². The van der Waals surface area contributed by atoms with Crippen LogP contribution in [0.3, 0.4) is 0 Å². The Hall–Kier alpha value is -2.70. The Balaban J connectivity index is 1.61. The first kappa shape index (κ1) is 19.1. The van der Waals surface area contributed by atoms with E-state index in [1.807, 2.05) is 54.6 Å². The summed E-state index contributed by atoms with van der Waals surface area (Å²) in [7, 11) is 0. The number of aromatic nitrogens is 1. The van der Waals surface area contributed by atoms with Crippen molar-refractivity contribution in [3.63, 3.8) is 0 Å². The van der Waals surface area contributed by atoms with Crippen LogP contribution >= 0.6 is 23.4 Å². The van der Waals surface area contributed by atoms with Crippen molar-refractivity contribution in [1.82, 2.24) is 15.8 Å². The number of hydrogen-bond acceptors (Lipinski definition) is 3. The highest BCUT2D eigenvalue weighted by atomic mass is 35.5. The van der Waals surface area contributed by atoms with Gasteiger partial charge in [0, 0.05) is 11.2 Å². The maximum atomic E-state index is 12.2. The zero-order valence-electron chi connectivity index (χ0n) is 14.3. The second-order valence-corrected chi connectivity index (χ2v) is 7.27. The molecule has 0 aliphatic carbocycles. The third-order valence-corrected chi connectivity index (χ3v) is 5.37.